The van der Waals surface area contributed by atoms with Gasteiger partial charge in [-0.3, -0.25) is 14.7 Å². The highest BCUT2D eigenvalue weighted by Crippen LogP contribution is 2.47. The van der Waals surface area contributed by atoms with Gasteiger partial charge in [0.2, 0.25) is 0 Å². The molecule has 1 aliphatic heterocycles. The molecule has 0 saturated carbocycles. The molecule has 0 aromatic carbocycles. The van der Waals surface area contributed by atoms with E-state index in [1.54, 1.807) is 6.92 Å². The molecule has 21 heavy (non-hydrogen) atoms. The fraction of sp³-hybridized carbons (Fsp3) is 0.538. The summed E-state index contributed by atoms with van der Waals surface area (Å²) < 4.78 is 52.1. The summed E-state index contributed by atoms with van der Waals surface area (Å²) >= 11 is 0. The van der Waals surface area contributed by atoms with Gasteiger partial charge in [-0.25, -0.2) is 4.39 Å². The summed E-state index contributed by atoms with van der Waals surface area (Å²) in [7, 11) is 0. The smallest absolute Gasteiger partial charge is 0.406 e. The predicted octanol–water partition coefficient (Wildman–Crippen LogP) is 2.62. The average molecular weight is 306 g/mol. The molecule has 2 rings (SSSR count). The Labute approximate surface area is 118 Å². The van der Waals surface area contributed by atoms with Gasteiger partial charge in [0.05, 0.1) is 11.9 Å². The van der Waals surface area contributed by atoms with E-state index in [9.17, 15) is 22.4 Å². The van der Waals surface area contributed by atoms with Gasteiger partial charge < -0.3 is 5.11 Å². The molecule has 2 atom stereocenters. The van der Waals surface area contributed by atoms with Crippen LogP contribution in [-0.4, -0.2) is 40.2 Å². The lowest BCUT2D eigenvalue weighted by atomic mass is 9.86. The van der Waals surface area contributed by atoms with E-state index < -0.39 is 42.4 Å². The van der Waals surface area contributed by atoms with Crippen LogP contribution < -0.4 is 0 Å². The third-order valence-electron chi connectivity index (χ3n) is 3.98. The largest absolute Gasteiger partial charge is 0.481 e. The number of carboxylic acids is 1. The molecule has 2 heterocycles. The van der Waals surface area contributed by atoms with E-state index in [2.05, 4.69) is 4.98 Å². The SMILES string of the molecule is CC(c1ccc(F)cn1)N1CCC(C(=O)O)(C(F)(F)F)C1. The zero-order valence-corrected chi connectivity index (χ0v) is 11.2. The molecular formula is C13H14F4N2O2. The molecule has 1 aromatic heterocycles. The number of pyridine rings is 1. The molecular weight excluding hydrogens is 292 g/mol. The summed E-state index contributed by atoms with van der Waals surface area (Å²) in [5.41, 5.74) is -2.35. The molecule has 0 spiro atoms. The van der Waals surface area contributed by atoms with E-state index >= 15 is 0 Å². The fourth-order valence-corrected chi connectivity index (χ4v) is 2.52. The maximum atomic E-state index is 13.1. The second-order valence-electron chi connectivity index (χ2n) is 5.18. The van der Waals surface area contributed by atoms with Crippen molar-refractivity contribution in [1.82, 2.24) is 9.88 Å². The van der Waals surface area contributed by atoms with Crippen LogP contribution >= 0.6 is 0 Å². The third-order valence-corrected chi connectivity index (χ3v) is 3.98. The van der Waals surface area contributed by atoms with Crippen LogP contribution in [0, 0.1) is 11.2 Å². The number of hydrogen-bond acceptors (Lipinski definition) is 3. The van der Waals surface area contributed by atoms with Crippen molar-refractivity contribution in [2.24, 2.45) is 5.41 Å². The summed E-state index contributed by atoms with van der Waals surface area (Å²) in [6, 6.07) is 2.03. The van der Waals surface area contributed by atoms with Gasteiger partial charge in [-0.15, -0.1) is 0 Å². The standard InChI is InChI=1S/C13H14F4N2O2/c1-8(10-3-2-9(14)6-18-10)19-5-4-12(7-19,11(20)21)13(15,16)17/h2-3,6,8H,4-5,7H2,1H3,(H,20,21). The summed E-state index contributed by atoms with van der Waals surface area (Å²) in [6.45, 7) is 0.979. The van der Waals surface area contributed by atoms with E-state index in [1.807, 2.05) is 0 Å². The first-order valence-electron chi connectivity index (χ1n) is 6.33. The lowest BCUT2D eigenvalue weighted by Crippen LogP contribution is -2.47. The summed E-state index contributed by atoms with van der Waals surface area (Å²) in [4.78, 5) is 16.3. The lowest BCUT2D eigenvalue weighted by Gasteiger charge is -2.29. The van der Waals surface area contributed by atoms with Crippen LogP contribution in [0.25, 0.3) is 0 Å². The minimum Gasteiger partial charge on any atom is -0.481 e. The molecule has 1 N–H and O–H groups in total. The highest BCUT2D eigenvalue weighted by molar-refractivity contribution is 5.76. The Kier molecular flexibility index (Phi) is 3.92. The first-order valence-corrected chi connectivity index (χ1v) is 6.33. The molecule has 4 nitrogen and oxygen atoms in total. The number of aliphatic carboxylic acids is 1. The molecule has 2 unspecified atom stereocenters. The van der Waals surface area contributed by atoms with Gasteiger partial charge in [-0.1, -0.05) is 0 Å². The Hall–Kier alpha value is -1.70. The minimum atomic E-state index is -4.82. The molecule has 0 bridgehead atoms. The molecule has 1 aromatic rings. The van der Waals surface area contributed by atoms with Crippen LogP contribution in [0.1, 0.15) is 25.1 Å². The summed E-state index contributed by atoms with van der Waals surface area (Å²) in [5.74, 6) is -2.40. The fourth-order valence-electron chi connectivity index (χ4n) is 2.52. The van der Waals surface area contributed by atoms with Crippen molar-refractivity contribution in [2.75, 3.05) is 13.1 Å². The van der Waals surface area contributed by atoms with Crippen molar-refractivity contribution in [3.05, 3.63) is 29.8 Å². The Morgan fingerprint density at radius 3 is 2.57 bits per heavy atom. The van der Waals surface area contributed by atoms with Crippen LogP contribution in [-0.2, 0) is 4.79 Å². The zero-order chi connectivity index (χ0) is 15.8. The van der Waals surface area contributed by atoms with Crippen molar-refractivity contribution < 1.29 is 27.5 Å². The van der Waals surface area contributed by atoms with E-state index in [1.165, 1.54) is 17.0 Å². The molecule has 0 amide bonds. The van der Waals surface area contributed by atoms with E-state index in [0.29, 0.717) is 5.69 Å². The van der Waals surface area contributed by atoms with Crippen molar-refractivity contribution >= 4 is 5.97 Å². The Balaban J connectivity index is 2.21. The first-order chi connectivity index (χ1) is 9.67. The van der Waals surface area contributed by atoms with Gasteiger partial charge in [0.1, 0.15) is 5.82 Å². The lowest BCUT2D eigenvalue weighted by molar-refractivity contribution is -0.227. The normalized spacial score (nSPS) is 25.0. The summed E-state index contributed by atoms with van der Waals surface area (Å²) in [6.07, 6.45) is -4.34. The average Bonchev–Trinajstić information content (AvgIpc) is 2.84. The van der Waals surface area contributed by atoms with Gasteiger partial charge in [-0.05, 0) is 25.5 Å². The van der Waals surface area contributed by atoms with Gasteiger partial charge in [-0.2, -0.15) is 13.2 Å². The third kappa shape index (κ3) is 2.72. The number of alkyl halides is 3. The van der Waals surface area contributed by atoms with Gasteiger partial charge in [0, 0.05) is 19.1 Å². The maximum Gasteiger partial charge on any atom is 0.406 e. The second kappa shape index (κ2) is 5.25. The van der Waals surface area contributed by atoms with Crippen LogP contribution in [0.2, 0.25) is 0 Å². The van der Waals surface area contributed by atoms with Gasteiger partial charge >= 0.3 is 12.1 Å². The molecule has 1 aliphatic rings. The Bertz CT molecular complexity index is 532. The van der Waals surface area contributed by atoms with Crippen molar-refractivity contribution in [1.29, 1.82) is 0 Å². The number of likely N-dealkylation sites (tertiary alicyclic amines) is 1. The Morgan fingerprint density at radius 2 is 2.14 bits per heavy atom. The van der Waals surface area contributed by atoms with Crippen molar-refractivity contribution in [3.63, 3.8) is 0 Å². The second-order valence-corrected chi connectivity index (χ2v) is 5.18. The number of rotatable bonds is 3. The highest BCUT2D eigenvalue weighted by Gasteiger charge is 2.63. The molecule has 8 heteroatoms. The molecule has 0 radical (unpaired) electrons. The number of carbonyl (C=O) groups is 1. The molecule has 1 saturated heterocycles. The van der Waals surface area contributed by atoms with Crippen LogP contribution in [0.15, 0.2) is 18.3 Å². The number of carboxylic acid groups (broad SMARTS) is 1. The van der Waals surface area contributed by atoms with E-state index in [-0.39, 0.29) is 6.54 Å². The van der Waals surface area contributed by atoms with Crippen molar-refractivity contribution in [2.45, 2.75) is 25.6 Å². The topological polar surface area (TPSA) is 53.4 Å². The predicted molar refractivity (Wildman–Crippen MR) is 64.9 cm³/mol. The number of aromatic nitrogens is 1. The molecule has 1 fully saturated rings. The number of nitrogens with zero attached hydrogens (tertiary/aromatic N) is 2. The highest BCUT2D eigenvalue weighted by atomic mass is 19.4. The quantitative estimate of drug-likeness (QED) is 0.872. The van der Waals surface area contributed by atoms with Crippen molar-refractivity contribution in [3.8, 4) is 0 Å². The monoisotopic (exact) mass is 306 g/mol. The number of hydrogen-bond donors (Lipinski definition) is 1. The van der Waals surface area contributed by atoms with E-state index in [4.69, 9.17) is 5.11 Å². The van der Waals surface area contributed by atoms with Crippen LogP contribution in [0.3, 0.4) is 0 Å². The molecule has 116 valence electrons. The minimum absolute atomic E-state index is 0.00790. The zero-order valence-electron chi connectivity index (χ0n) is 11.2. The van der Waals surface area contributed by atoms with Gasteiger partial charge in [0.15, 0.2) is 5.41 Å². The first kappa shape index (κ1) is 15.7. The number of halogens is 4. The Morgan fingerprint density at radius 1 is 1.48 bits per heavy atom. The summed E-state index contributed by atoms with van der Waals surface area (Å²) in [5, 5.41) is 8.99. The van der Waals surface area contributed by atoms with Gasteiger partial charge in [0.25, 0.3) is 0 Å². The van der Waals surface area contributed by atoms with Crippen LogP contribution in [0.5, 0.6) is 0 Å². The maximum absolute atomic E-state index is 13.1. The van der Waals surface area contributed by atoms with E-state index in [0.717, 1.165) is 6.20 Å². The van der Waals surface area contributed by atoms with Crippen LogP contribution in [0.4, 0.5) is 17.6 Å². The molecule has 0 aliphatic carbocycles.